The van der Waals surface area contributed by atoms with Gasteiger partial charge in [0.1, 0.15) is 0 Å². The standard InChI is InChI=1S/C23H15N3O5/c27-23(18-13-21(25(28)29)15-22(14-18)26(30)31)24(19-8-2-1-3-9-19)20-11-10-16-6-4-5-7-17(16)12-20/h1-15H. The van der Waals surface area contributed by atoms with Gasteiger partial charge < -0.3 is 0 Å². The molecule has 0 aliphatic carbocycles. The zero-order valence-corrected chi connectivity index (χ0v) is 16.0. The van der Waals surface area contributed by atoms with Crippen LogP contribution < -0.4 is 4.90 Å². The molecule has 0 unspecified atom stereocenters. The second-order valence-corrected chi connectivity index (χ2v) is 6.76. The van der Waals surface area contributed by atoms with Gasteiger partial charge in [-0.1, -0.05) is 48.5 Å². The highest BCUT2D eigenvalue weighted by Gasteiger charge is 2.25. The van der Waals surface area contributed by atoms with Gasteiger partial charge >= 0.3 is 0 Å². The molecule has 0 aliphatic heterocycles. The first-order chi connectivity index (χ1) is 14.9. The number of carbonyl (C=O) groups is 1. The summed E-state index contributed by atoms with van der Waals surface area (Å²) in [4.78, 5) is 35.9. The van der Waals surface area contributed by atoms with Crippen LogP contribution in [0.15, 0.2) is 91.0 Å². The van der Waals surface area contributed by atoms with E-state index in [-0.39, 0.29) is 5.56 Å². The molecule has 0 saturated heterocycles. The van der Waals surface area contributed by atoms with Crippen LogP contribution in [0, 0.1) is 20.2 Å². The van der Waals surface area contributed by atoms with E-state index in [1.807, 2.05) is 36.4 Å². The number of hydrogen-bond donors (Lipinski definition) is 0. The summed E-state index contributed by atoms with van der Waals surface area (Å²) in [5.74, 6) is -0.617. The molecule has 8 nitrogen and oxygen atoms in total. The molecule has 0 fully saturated rings. The Balaban J connectivity index is 1.89. The largest absolute Gasteiger partial charge is 0.277 e. The normalized spacial score (nSPS) is 10.6. The Kier molecular flexibility index (Phi) is 5.11. The van der Waals surface area contributed by atoms with Gasteiger partial charge in [0.2, 0.25) is 0 Å². The van der Waals surface area contributed by atoms with Crippen LogP contribution in [0.25, 0.3) is 10.8 Å². The summed E-state index contributed by atoms with van der Waals surface area (Å²) < 4.78 is 0. The third kappa shape index (κ3) is 3.95. The second-order valence-electron chi connectivity index (χ2n) is 6.76. The lowest BCUT2D eigenvalue weighted by molar-refractivity contribution is -0.394. The first-order valence-corrected chi connectivity index (χ1v) is 9.26. The molecular formula is C23H15N3O5. The van der Waals surface area contributed by atoms with Crippen LogP contribution in [-0.4, -0.2) is 15.8 Å². The average molecular weight is 413 g/mol. The van der Waals surface area contributed by atoms with Crippen LogP contribution >= 0.6 is 0 Å². The van der Waals surface area contributed by atoms with Gasteiger partial charge in [0, 0.05) is 23.5 Å². The maximum absolute atomic E-state index is 13.5. The van der Waals surface area contributed by atoms with Crippen LogP contribution in [0.5, 0.6) is 0 Å². The molecule has 1 amide bonds. The van der Waals surface area contributed by atoms with Crippen molar-refractivity contribution < 1.29 is 14.6 Å². The number of nitrogens with zero attached hydrogens (tertiary/aromatic N) is 3. The first kappa shape index (κ1) is 19.7. The number of hydrogen-bond acceptors (Lipinski definition) is 5. The molecule has 0 aromatic heterocycles. The fourth-order valence-electron chi connectivity index (χ4n) is 3.34. The van der Waals surface area contributed by atoms with Crippen molar-refractivity contribution in [2.75, 3.05) is 4.90 Å². The molecule has 0 spiro atoms. The number of benzene rings is 4. The minimum atomic E-state index is -0.757. The molecular weight excluding hydrogens is 398 g/mol. The Morgan fingerprint density at radius 3 is 1.84 bits per heavy atom. The molecule has 8 heteroatoms. The maximum atomic E-state index is 13.5. The predicted octanol–water partition coefficient (Wildman–Crippen LogP) is 5.63. The quantitative estimate of drug-likeness (QED) is 0.311. The van der Waals surface area contributed by atoms with E-state index in [9.17, 15) is 25.0 Å². The van der Waals surface area contributed by atoms with Gasteiger partial charge in [0.15, 0.2) is 0 Å². The lowest BCUT2D eigenvalue weighted by atomic mass is 10.1. The van der Waals surface area contributed by atoms with Crippen molar-refractivity contribution in [3.8, 4) is 0 Å². The van der Waals surface area contributed by atoms with Crippen LogP contribution in [0.1, 0.15) is 10.4 Å². The van der Waals surface area contributed by atoms with Crippen molar-refractivity contribution in [2.24, 2.45) is 0 Å². The summed E-state index contributed by atoms with van der Waals surface area (Å²) in [6, 6.07) is 24.8. The predicted molar refractivity (Wildman–Crippen MR) is 117 cm³/mol. The monoisotopic (exact) mass is 413 g/mol. The minimum Gasteiger partial charge on any atom is -0.277 e. The van der Waals surface area contributed by atoms with E-state index in [1.165, 1.54) is 4.90 Å². The smallest absolute Gasteiger partial charge is 0.277 e. The molecule has 0 aliphatic rings. The number of nitro groups is 2. The van der Waals surface area contributed by atoms with Crippen LogP contribution in [0.4, 0.5) is 22.7 Å². The van der Waals surface area contributed by atoms with Gasteiger partial charge in [-0.05, 0) is 35.0 Å². The Morgan fingerprint density at radius 2 is 1.23 bits per heavy atom. The summed E-state index contributed by atoms with van der Waals surface area (Å²) in [5.41, 5.74) is -0.146. The number of nitro benzene ring substituents is 2. The lowest BCUT2D eigenvalue weighted by Crippen LogP contribution is -2.26. The summed E-state index contributed by atoms with van der Waals surface area (Å²) in [6.45, 7) is 0. The zero-order chi connectivity index (χ0) is 22.0. The van der Waals surface area contributed by atoms with Gasteiger partial charge in [0.05, 0.1) is 21.5 Å². The molecule has 31 heavy (non-hydrogen) atoms. The highest BCUT2D eigenvalue weighted by Crippen LogP contribution is 2.32. The molecule has 0 saturated carbocycles. The molecule has 0 atom stereocenters. The third-order valence-electron chi connectivity index (χ3n) is 4.78. The number of rotatable bonds is 5. The third-order valence-corrected chi connectivity index (χ3v) is 4.78. The lowest BCUT2D eigenvalue weighted by Gasteiger charge is -2.23. The van der Waals surface area contributed by atoms with Gasteiger partial charge in [-0.25, -0.2) is 0 Å². The van der Waals surface area contributed by atoms with Gasteiger partial charge in [-0.3, -0.25) is 29.9 Å². The van der Waals surface area contributed by atoms with E-state index in [0.717, 1.165) is 29.0 Å². The maximum Gasteiger partial charge on any atom is 0.277 e. The number of carbonyl (C=O) groups excluding carboxylic acids is 1. The Hall–Kier alpha value is -4.59. The summed E-state index contributed by atoms with van der Waals surface area (Å²) in [5, 5.41) is 24.4. The number of anilines is 2. The molecule has 0 N–H and O–H groups in total. The fraction of sp³-hybridized carbons (Fsp3) is 0. The number of fused-ring (bicyclic) bond motifs is 1. The average Bonchev–Trinajstić information content (AvgIpc) is 2.79. The van der Waals surface area contributed by atoms with Crippen molar-refractivity contribution >= 4 is 39.4 Å². The van der Waals surface area contributed by atoms with Crippen molar-refractivity contribution in [3.05, 3.63) is 117 Å². The highest BCUT2D eigenvalue weighted by molar-refractivity contribution is 6.12. The summed E-state index contributed by atoms with van der Waals surface area (Å²) >= 11 is 0. The molecule has 4 aromatic rings. The molecule has 0 radical (unpaired) electrons. The molecule has 0 bridgehead atoms. The van der Waals surface area contributed by atoms with E-state index in [0.29, 0.717) is 11.4 Å². The van der Waals surface area contributed by atoms with E-state index >= 15 is 0 Å². The molecule has 4 aromatic carbocycles. The molecule has 4 rings (SSSR count). The van der Waals surface area contributed by atoms with E-state index in [2.05, 4.69) is 0 Å². The van der Waals surface area contributed by atoms with Crippen LogP contribution in [0.3, 0.4) is 0 Å². The van der Waals surface area contributed by atoms with Crippen molar-refractivity contribution in [1.29, 1.82) is 0 Å². The number of amides is 1. The SMILES string of the molecule is O=C(c1cc([N+](=O)[O-])cc([N+](=O)[O-])c1)N(c1ccccc1)c1ccc2ccccc2c1. The first-order valence-electron chi connectivity index (χ1n) is 9.26. The van der Waals surface area contributed by atoms with E-state index < -0.39 is 27.1 Å². The van der Waals surface area contributed by atoms with Crippen molar-refractivity contribution in [2.45, 2.75) is 0 Å². The van der Waals surface area contributed by atoms with Gasteiger partial charge in [-0.15, -0.1) is 0 Å². The Bertz CT molecular complexity index is 1290. The Labute approximate surface area is 176 Å². The topological polar surface area (TPSA) is 107 Å². The second kappa shape index (κ2) is 8.03. The van der Waals surface area contributed by atoms with Crippen molar-refractivity contribution in [1.82, 2.24) is 0 Å². The minimum absolute atomic E-state index is 0.155. The van der Waals surface area contributed by atoms with Gasteiger partial charge in [-0.2, -0.15) is 0 Å². The molecule has 0 heterocycles. The number of para-hydroxylation sites is 1. The highest BCUT2D eigenvalue weighted by atomic mass is 16.6. The van der Waals surface area contributed by atoms with Crippen molar-refractivity contribution in [3.63, 3.8) is 0 Å². The summed E-state index contributed by atoms with van der Waals surface area (Å²) in [6.07, 6.45) is 0. The number of non-ortho nitro benzene ring substituents is 2. The van der Waals surface area contributed by atoms with Gasteiger partial charge in [0.25, 0.3) is 17.3 Å². The van der Waals surface area contributed by atoms with E-state index in [1.54, 1.807) is 36.4 Å². The fourth-order valence-corrected chi connectivity index (χ4v) is 3.34. The van der Waals surface area contributed by atoms with E-state index in [4.69, 9.17) is 0 Å². The molecule has 152 valence electrons. The Morgan fingerprint density at radius 1 is 0.645 bits per heavy atom. The van der Waals surface area contributed by atoms with Crippen LogP contribution in [-0.2, 0) is 0 Å². The summed E-state index contributed by atoms with van der Waals surface area (Å²) in [7, 11) is 0. The zero-order valence-electron chi connectivity index (χ0n) is 16.0. The van der Waals surface area contributed by atoms with Crippen LogP contribution in [0.2, 0.25) is 0 Å².